The van der Waals surface area contributed by atoms with Gasteiger partial charge in [0.15, 0.2) is 12.4 Å². The van der Waals surface area contributed by atoms with Crippen LogP contribution in [0.1, 0.15) is 54.9 Å². The number of aliphatic hydroxyl groups excluding tert-OH is 1. The van der Waals surface area contributed by atoms with E-state index in [1.54, 1.807) is 0 Å². The van der Waals surface area contributed by atoms with E-state index in [-0.39, 0.29) is 30.5 Å². The molecule has 0 spiro atoms. The average molecular weight is 461 g/mol. The van der Waals surface area contributed by atoms with E-state index >= 15 is 0 Å². The summed E-state index contributed by atoms with van der Waals surface area (Å²) in [6.07, 6.45) is -4.80. The minimum absolute atomic E-state index is 0.198. The molecule has 0 aromatic heterocycles. The fraction of sp³-hybridized carbons (Fsp3) is 0.864. The monoisotopic (exact) mass is 460 g/mol. The van der Waals surface area contributed by atoms with Gasteiger partial charge < -0.3 is 33.5 Å². The molecular weight excluding hydrogens is 424 g/mol. The Kier molecular flexibility index (Phi) is 9.44. The minimum atomic E-state index is -1.06. The number of carbonyl (C=O) groups is 3. The zero-order chi connectivity index (χ0) is 24.2. The lowest BCUT2D eigenvalue weighted by molar-refractivity contribution is -0.360. The maximum Gasteiger partial charge on any atom is 0.303 e. The summed E-state index contributed by atoms with van der Waals surface area (Å²) in [6, 6.07) is 0. The third kappa shape index (κ3) is 6.18. The first-order chi connectivity index (χ1) is 15.0. The quantitative estimate of drug-likeness (QED) is 0.442. The SMILES string of the molecule is CC[C@H]1O[C@H](O[C@H]2O[C@H](CO)[C@@H](OC(C)=O)[C@H](C)[C@H]2C)[C@H](OC(C)=O)[C@@H](OC(C)=O)[C@@H]1C. The van der Waals surface area contributed by atoms with E-state index in [4.69, 9.17) is 28.4 Å². The topological polar surface area (TPSA) is 127 Å². The molecule has 2 fully saturated rings. The fourth-order valence-corrected chi connectivity index (χ4v) is 4.37. The number of carbonyl (C=O) groups excluding carboxylic acids is 3. The van der Waals surface area contributed by atoms with E-state index in [1.807, 2.05) is 27.7 Å². The number of hydrogen-bond donors (Lipinski definition) is 1. The Balaban J connectivity index is 2.28. The third-order valence-electron chi connectivity index (χ3n) is 6.21. The molecule has 2 heterocycles. The molecule has 0 bridgehead atoms. The highest BCUT2D eigenvalue weighted by molar-refractivity contribution is 5.67. The summed E-state index contributed by atoms with van der Waals surface area (Å²) in [6.45, 7) is 11.0. The van der Waals surface area contributed by atoms with Gasteiger partial charge in [-0.2, -0.15) is 0 Å². The van der Waals surface area contributed by atoms with Crippen LogP contribution in [-0.4, -0.2) is 72.7 Å². The van der Waals surface area contributed by atoms with Crippen molar-refractivity contribution in [2.45, 2.75) is 98.0 Å². The lowest BCUT2D eigenvalue weighted by Crippen LogP contribution is -2.60. The van der Waals surface area contributed by atoms with Crippen molar-refractivity contribution in [2.24, 2.45) is 17.8 Å². The molecule has 10 nitrogen and oxygen atoms in total. The third-order valence-corrected chi connectivity index (χ3v) is 6.21. The van der Waals surface area contributed by atoms with Crippen LogP contribution in [0, 0.1) is 17.8 Å². The van der Waals surface area contributed by atoms with Crippen LogP contribution in [0.5, 0.6) is 0 Å². The van der Waals surface area contributed by atoms with Gasteiger partial charge in [-0.3, -0.25) is 14.4 Å². The number of rotatable bonds is 7. The molecule has 184 valence electrons. The Hall–Kier alpha value is -1.75. The molecule has 0 saturated carbocycles. The number of ether oxygens (including phenoxy) is 6. The van der Waals surface area contributed by atoms with Crippen LogP contribution in [0.15, 0.2) is 0 Å². The van der Waals surface area contributed by atoms with Gasteiger partial charge in [-0.1, -0.05) is 27.7 Å². The molecule has 0 amide bonds. The summed E-state index contributed by atoms with van der Waals surface area (Å²) in [5, 5.41) is 9.80. The second-order valence-corrected chi connectivity index (χ2v) is 8.61. The predicted molar refractivity (Wildman–Crippen MR) is 110 cm³/mol. The van der Waals surface area contributed by atoms with Gasteiger partial charge in [0.2, 0.25) is 6.29 Å². The molecule has 1 N–H and O–H groups in total. The smallest absolute Gasteiger partial charge is 0.303 e. The molecule has 2 rings (SSSR count). The molecule has 32 heavy (non-hydrogen) atoms. The molecular formula is C22H36O10. The van der Waals surface area contributed by atoms with Crippen molar-refractivity contribution in [3.63, 3.8) is 0 Å². The zero-order valence-corrected chi connectivity index (χ0v) is 19.8. The average Bonchev–Trinajstić information content (AvgIpc) is 2.71. The summed E-state index contributed by atoms with van der Waals surface area (Å²) >= 11 is 0. The van der Waals surface area contributed by atoms with Gasteiger partial charge in [0, 0.05) is 38.5 Å². The van der Waals surface area contributed by atoms with Crippen molar-refractivity contribution >= 4 is 17.9 Å². The number of hydrogen-bond acceptors (Lipinski definition) is 10. The molecule has 0 aromatic rings. The maximum atomic E-state index is 11.8. The lowest BCUT2D eigenvalue weighted by atomic mass is 9.84. The molecule has 10 heteroatoms. The van der Waals surface area contributed by atoms with Crippen molar-refractivity contribution in [3.05, 3.63) is 0 Å². The lowest BCUT2D eigenvalue weighted by Gasteiger charge is -2.48. The highest BCUT2D eigenvalue weighted by Gasteiger charge is 2.51. The molecule has 2 saturated heterocycles. The molecule has 0 radical (unpaired) electrons. The normalized spacial score (nSPS) is 39.8. The van der Waals surface area contributed by atoms with Crippen LogP contribution in [0.25, 0.3) is 0 Å². The minimum Gasteiger partial charge on any atom is -0.459 e. The highest BCUT2D eigenvalue weighted by atomic mass is 16.8. The molecule has 10 atom stereocenters. The first-order valence-electron chi connectivity index (χ1n) is 11.1. The molecule has 0 aromatic carbocycles. The van der Waals surface area contributed by atoms with Gasteiger partial charge in [0.1, 0.15) is 18.3 Å². The summed E-state index contributed by atoms with van der Waals surface area (Å²) < 4.78 is 34.5. The van der Waals surface area contributed by atoms with E-state index in [1.165, 1.54) is 20.8 Å². The van der Waals surface area contributed by atoms with E-state index < -0.39 is 54.9 Å². The van der Waals surface area contributed by atoms with Crippen molar-refractivity contribution in [1.29, 1.82) is 0 Å². The van der Waals surface area contributed by atoms with Gasteiger partial charge in [0.25, 0.3) is 0 Å². The van der Waals surface area contributed by atoms with Crippen molar-refractivity contribution in [1.82, 2.24) is 0 Å². The number of esters is 3. The molecule has 2 aliphatic heterocycles. The second kappa shape index (κ2) is 11.4. The Morgan fingerprint density at radius 3 is 1.72 bits per heavy atom. The second-order valence-electron chi connectivity index (χ2n) is 8.61. The maximum absolute atomic E-state index is 11.8. The summed E-state index contributed by atoms with van der Waals surface area (Å²) in [5.41, 5.74) is 0. The van der Waals surface area contributed by atoms with Crippen LogP contribution < -0.4 is 0 Å². The molecule has 2 aliphatic rings. The fourth-order valence-electron chi connectivity index (χ4n) is 4.37. The zero-order valence-electron chi connectivity index (χ0n) is 19.8. The first kappa shape index (κ1) is 26.5. The van der Waals surface area contributed by atoms with Gasteiger partial charge in [0.05, 0.1) is 12.7 Å². The Bertz CT molecular complexity index is 665. The predicted octanol–water partition coefficient (Wildman–Crippen LogP) is 1.56. The van der Waals surface area contributed by atoms with E-state index in [9.17, 15) is 19.5 Å². The van der Waals surface area contributed by atoms with Gasteiger partial charge in [-0.05, 0) is 6.42 Å². The standard InChI is InChI=1S/C22H36O10/c1-8-16-12(4)19(28-14(6)25)20(29-15(7)26)22(30-16)32-21-11(3)10(2)18(27-13(5)24)17(9-23)31-21/h10-12,16-23H,8-9H2,1-7H3/t10-,11-,12-,16-,17-,18+,19+,20-,21-,22-/m1/s1. The van der Waals surface area contributed by atoms with Crippen LogP contribution in [0.3, 0.4) is 0 Å². The van der Waals surface area contributed by atoms with E-state index in [0.717, 1.165) is 0 Å². The van der Waals surface area contributed by atoms with Crippen LogP contribution in [0.4, 0.5) is 0 Å². The van der Waals surface area contributed by atoms with Crippen molar-refractivity contribution in [2.75, 3.05) is 6.61 Å². The molecule has 0 aliphatic carbocycles. The van der Waals surface area contributed by atoms with Crippen LogP contribution >= 0.6 is 0 Å². The van der Waals surface area contributed by atoms with Crippen molar-refractivity contribution < 1.29 is 47.9 Å². The first-order valence-corrected chi connectivity index (χ1v) is 11.1. The largest absolute Gasteiger partial charge is 0.459 e. The van der Waals surface area contributed by atoms with Gasteiger partial charge in [-0.15, -0.1) is 0 Å². The van der Waals surface area contributed by atoms with Crippen LogP contribution in [-0.2, 0) is 42.8 Å². The summed E-state index contributed by atoms with van der Waals surface area (Å²) in [4.78, 5) is 35.0. The van der Waals surface area contributed by atoms with E-state index in [0.29, 0.717) is 6.42 Å². The number of aliphatic hydroxyl groups is 1. The Morgan fingerprint density at radius 1 is 0.719 bits per heavy atom. The highest BCUT2D eigenvalue weighted by Crippen LogP contribution is 2.38. The van der Waals surface area contributed by atoms with E-state index in [2.05, 4.69) is 0 Å². The van der Waals surface area contributed by atoms with Gasteiger partial charge in [-0.25, -0.2) is 0 Å². The summed E-state index contributed by atoms with van der Waals surface area (Å²) in [7, 11) is 0. The van der Waals surface area contributed by atoms with Gasteiger partial charge >= 0.3 is 17.9 Å². The summed E-state index contributed by atoms with van der Waals surface area (Å²) in [5.74, 6) is -2.23. The Labute approximate surface area is 188 Å². The van der Waals surface area contributed by atoms with Crippen LogP contribution in [0.2, 0.25) is 0 Å². The van der Waals surface area contributed by atoms with Crippen molar-refractivity contribution in [3.8, 4) is 0 Å². The molecule has 0 unspecified atom stereocenters. The Morgan fingerprint density at radius 2 is 1.22 bits per heavy atom.